The SMILES string of the molecule is CNc1cc(C(=O)N(C)[C@@H]2CCCNC2)c(C(F)(F)F)cc1SC(C)(C)C=O. The fourth-order valence-corrected chi connectivity index (χ4v) is 4.16. The second-order valence-corrected chi connectivity index (χ2v) is 9.08. The van der Waals surface area contributed by atoms with E-state index in [0.717, 1.165) is 37.2 Å². The van der Waals surface area contributed by atoms with Crippen LogP contribution in [-0.4, -0.2) is 55.1 Å². The number of alkyl halides is 3. The Morgan fingerprint density at radius 3 is 2.54 bits per heavy atom. The third kappa shape index (κ3) is 5.20. The first-order chi connectivity index (χ1) is 13.0. The molecule has 1 aromatic rings. The van der Waals surface area contributed by atoms with Crippen molar-refractivity contribution in [3.63, 3.8) is 0 Å². The summed E-state index contributed by atoms with van der Waals surface area (Å²) < 4.78 is 40.4. The molecule has 0 bridgehead atoms. The van der Waals surface area contributed by atoms with Crippen LogP contribution in [0.5, 0.6) is 0 Å². The van der Waals surface area contributed by atoms with Gasteiger partial charge in [-0.15, -0.1) is 11.8 Å². The van der Waals surface area contributed by atoms with Crippen LogP contribution in [0.1, 0.15) is 42.6 Å². The van der Waals surface area contributed by atoms with Gasteiger partial charge in [0, 0.05) is 37.3 Å². The Labute approximate surface area is 167 Å². The number of likely N-dealkylation sites (N-methyl/N-ethyl adjacent to an activating group) is 1. The van der Waals surface area contributed by atoms with Crippen molar-refractivity contribution >= 4 is 29.6 Å². The Hall–Kier alpha value is -1.74. The van der Waals surface area contributed by atoms with Crippen LogP contribution < -0.4 is 10.6 Å². The zero-order chi connectivity index (χ0) is 21.1. The van der Waals surface area contributed by atoms with Gasteiger partial charge in [0.2, 0.25) is 0 Å². The number of benzene rings is 1. The number of piperidine rings is 1. The first-order valence-corrected chi connectivity index (χ1v) is 9.88. The summed E-state index contributed by atoms with van der Waals surface area (Å²) in [5.41, 5.74) is -0.999. The van der Waals surface area contributed by atoms with E-state index < -0.39 is 28.0 Å². The minimum Gasteiger partial charge on any atom is -0.387 e. The Morgan fingerprint density at radius 1 is 1.36 bits per heavy atom. The van der Waals surface area contributed by atoms with Crippen molar-refractivity contribution in [3.8, 4) is 0 Å². The first kappa shape index (κ1) is 22.5. The molecule has 28 heavy (non-hydrogen) atoms. The molecule has 0 aliphatic carbocycles. The number of anilines is 1. The summed E-state index contributed by atoms with van der Waals surface area (Å²) >= 11 is 1.02. The van der Waals surface area contributed by atoms with E-state index >= 15 is 0 Å². The van der Waals surface area contributed by atoms with Crippen LogP contribution in [0.25, 0.3) is 0 Å². The molecule has 1 atom stereocenters. The minimum absolute atomic E-state index is 0.150. The number of nitrogens with zero attached hydrogens (tertiary/aromatic N) is 1. The Kier molecular flexibility index (Phi) is 7.03. The molecule has 0 radical (unpaired) electrons. The van der Waals surface area contributed by atoms with Gasteiger partial charge in [-0.2, -0.15) is 13.2 Å². The summed E-state index contributed by atoms with van der Waals surface area (Å²) in [6.07, 6.45) is -2.39. The van der Waals surface area contributed by atoms with Gasteiger partial charge in [-0.3, -0.25) is 4.79 Å². The maximum absolute atomic E-state index is 13.8. The number of amides is 1. The molecule has 2 rings (SSSR count). The van der Waals surface area contributed by atoms with Crippen molar-refractivity contribution < 1.29 is 22.8 Å². The molecule has 1 amide bonds. The molecule has 156 valence electrons. The molecule has 0 unspecified atom stereocenters. The maximum atomic E-state index is 13.8. The van der Waals surface area contributed by atoms with E-state index in [9.17, 15) is 22.8 Å². The highest BCUT2D eigenvalue weighted by atomic mass is 32.2. The van der Waals surface area contributed by atoms with E-state index in [-0.39, 0.29) is 10.9 Å². The fraction of sp³-hybridized carbons (Fsp3) is 0.579. The van der Waals surface area contributed by atoms with Crippen molar-refractivity contribution in [2.24, 2.45) is 0 Å². The molecule has 2 N–H and O–H groups in total. The summed E-state index contributed by atoms with van der Waals surface area (Å²) in [4.78, 5) is 25.8. The maximum Gasteiger partial charge on any atom is 0.417 e. The van der Waals surface area contributed by atoms with Crippen LogP contribution in [-0.2, 0) is 11.0 Å². The third-order valence-corrected chi connectivity index (χ3v) is 5.90. The minimum atomic E-state index is -4.69. The second kappa shape index (κ2) is 8.73. The normalized spacial score (nSPS) is 17.9. The van der Waals surface area contributed by atoms with Gasteiger partial charge in [-0.05, 0) is 45.4 Å². The highest BCUT2D eigenvalue weighted by molar-refractivity contribution is 8.01. The largest absolute Gasteiger partial charge is 0.417 e. The number of hydrogen-bond acceptors (Lipinski definition) is 5. The van der Waals surface area contributed by atoms with E-state index in [4.69, 9.17) is 0 Å². The molecule has 9 heteroatoms. The highest BCUT2D eigenvalue weighted by Crippen LogP contribution is 2.42. The van der Waals surface area contributed by atoms with E-state index in [2.05, 4.69) is 10.6 Å². The Morgan fingerprint density at radius 2 is 2.04 bits per heavy atom. The number of carbonyl (C=O) groups excluding carboxylic acids is 2. The molecule has 1 aromatic carbocycles. The number of halogens is 3. The Balaban J connectivity index is 2.50. The molecular weight excluding hydrogens is 391 g/mol. The van der Waals surface area contributed by atoms with Gasteiger partial charge in [-0.1, -0.05) is 0 Å². The lowest BCUT2D eigenvalue weighted by atomic mass is 10.0. The van der Waals surface area contributed by atoms with Crippen LogP contribution >= 0.6 is 11.8 Å². The predicted octanol–water partition coefficient (Wildman–Crippen LogP) is 3.64. The van der Waals surface area contributed by atoms with Crippen LogP contribution in [0.15, 0.2) is 17.0 Å². The average molecular weight is 417 g/mol. The molecule has 1 fully saturated rings. The summed E-state index contributed by atoms with van der Waals surface area (Å²) in [5, 5.41) is 6.01. The van der Waals surface area contributed by atoms with Gasteiger partial charge < -0.3 is 20.3 Å². The van der Waals surface area contributed by atoms with Gasteiger partial charge in [0.05, 0.1) is 15.9 Å². The molecule has 1 aliphatic heterocycles. The second-order valence-electron chi connectivity index (χ2n) is 7.38. The summed E-state index contributed by atoms with van der Waals surface area (Å²) in [6.45, 7) is 4.65. The van der Waals surface area contributed by atoms with Gasteiger partial charge in [0.1, 0.15) is 6.29 Å². The lowest BCUT2D eigenvalue weighted by molar-refractivity contribution is -0.138. The van der Waals surface area contributed by atoms with Gasteiger partial charge in [0.25, 0.3) is 5.91 Å². The van der Waals surface area contributed by atoms with Crippen LogP contribution in [0, 0.1) is 0 Å². The highest BCUT2D eigenvalue weighted by Gasteiger charge is 2.38. The first-order valence-electron chi connectivity index (χ1n) is 9.06. The predicted molar refractivity (Wildman–Crippen MR) is 105 cm³/mol. The molecule has 0 aromatic heterocycles. The fourth-order valence-electron chi connectivity index (χ4n) is 3.10. The molecule has 0 saturated carbocycles. The quantitative estimate of drug-likeness (QED) is 0.547. The number of nitrogens with one attached hydrogen (secondary N) is 2. The number of thioether (sulfide) groups is 1. The zero-order valence-electron chi connectivity index (χ0n) is 16.4. The van der Waals surface area contributed by atoms with Crippen molar-refractivity contribution in [2.45, 2.75) is 48.5 Å². The van der Waals surface area contributed by atoms with Crippen molar-refractivity contribution in [1.82, 2.24) is 10.2 Å². The van der Waals surface area contributed by atoms with Crippen LogP contribution in [0.3, 0.4) is 0 Å². The lowest BCUT2D eigenvalue weighted by Crippen LogP contribution is -2.47. The van der Waals surface area contributed by atoms with Crippen LogP contribution in [0.2, 0.25) is 0 Å². The summed E-state index contributed by atoms with van der Waals surface area (Å²) in [5.74, 6) is -0.663. The molecule has 1 heterocycles. The van der Waals surface area contributed by atoms with E-state index in [0.29, 0.717) is 18.5 Å². The van der Waals surface area contributed by atoms with Gasteiger partial charge in [-0.25, -0.2) is 0 Å². The number of carbonyl (C=O) groups is 2. The molecular formula is C19H26F3N3O2S. The molecule has 5 nitrogen and oxygen atoms in total. The Bertz CT molecular complexity index is 732. The van der Waals surface area contributed by atoms with Gasteiger partial charge in [0.15, 0.2) is 0 Å². The van der Waals surface area contributed by atoms with Crippen LogP contribution in [0.4, 0.5) is 18.9 Å². The summed E-state index contributed by atoms with van der Waals surface area (Å²) in [6, 6.07) is 2.05. The van der Waals surface area contributed by atoms with E-state index in [1.165, 1.54) is 18.0 Å². The number of aldehydes is 1. The average Bonchev–Trinajstić information content (AvgIpc) is 2.66. The smallest absolute Gasteiger partial charge is 0.387 e. The molecule has 1 saturated heterocycles. The summed E-state index contributed by atoms with van der Waals surface area (Å²) in [7, 11) is 3.11. The zero-order valence-corrected chi connectivity index (χ0v) is 17.3. The molecule has 1 aliphatic rings. The van der Waals surface area contributed by atoms with Crippen molar-refractivity contribution in [2.75, 3.05) is 32.5 Å². The van der Waals surface area contributed by atoms with E-state index in [1.54, 1.807) is 20.9 Å². The topological polar surface area (TPSA) is 61.4 Å². The lowest BCUT2D eigenvalue weighted by Gasteiger charge is -2.32. The molecule has 0 spiro atoms. The van der Waals surface area contributed by atoms with E-state index in [1.807, 2.05) is 0 Å². The standard InChI is InChI=1S/C19H26F3N3O2S/c1-18(2,11-26)28-16-9-14(19(20,21)22)13(8-15(16)23-3)17(27)25(4)12-6-5-7-24-10-12/h8-9,11-12,23-24H,5-7,10H2,1-4H3/t12-/m1/s1. The monoisotopic (exact) mass is 417 g/mol. The van der Waals surface area contributed by atoms with Crippen molar-refractivity contribution in [1.29, 1.82) is 0 Å². The van der Waals surface area contributed by atoms with Gasteiger partial charge >= 0.3 is 6.18 Å². The number of hydrogen-bond donors (Lipinski definition) is 2. The number of rotatable bonds is 6. The third-order valence-electron chi connectivity index (χ3n) is 4.72. The van der Waals surface area contributed by atoms with Crippen molar-refractivity contribution in [3.05, 3.63) is 23.3 Å².